The second-order valence-electron chi connectivity index (χ2n) is 8.17. The summed E-state index contributed by atoms with van der Waals surface area (Å²) >= 11 is 0. The number of rotatable bonds is 10. The first kappa shape index (κ1) is 20.8. The van der Waals surface area contributed by atoms with Gasteiger partial charge in [0.1, 0.15) is 0 Å². The average Bonchev–Trinajstić information content (AvgIpc) is 3.24. The number of aliphatic hydroxyl groups is 1. The van der Waals surface area contributed by atoms with E-state index in [9.17, 15) is 9.90 Å². The van der Waals surface area contributed by atoms with Crippen LogP contribution >= 0.6 is 0 Å². The molecule has 0 aromatic heterocycles. The van der Waals surface area contributed by atoms with Crippen LogP contribution in [0.1, 0.15) is 49.7 Å². The first-order chi connectivity index (χ1) is 13.5. The number of hydrogen-bond acceptors (Lipinski definition) is 3. The van der Waals surface area contributed by atoms with Crippen molar-refractivity contribution in [2.45, 2.75) is 70.2 Å². The molecule has 28 heavy (non-hydrogen) atoms. The number of fused-ring (bicyclic) bond motifs is 2. The Kier molecular flexibility index (Phi) is 7.46. The molecule has 2 fully saturated rings. The summed E-state index contributed by atoms with van der Waals surface area (Å²) in [5.41, 5.74) is 2.37. The number of carboxylic acids is 1. The lowest BCUT2D eigenvalue weighted by Gasteiger charge is -2.25. The van der Waals surface area contributed by atoms with Gasteiger partial charge in [-0.2, -0.15) is 0 Å². The van der Waals surface area contributed by atoms with Crippen molar-refractivity contribution in [3.63, 3.8) is 0 Å². The zero-order valence-corrected chi connectivity index (χ0v) is 16.7. The van der Waals surface area contributed by atoms with Crippen molar-refractivity contribution in [2.24, 2.45) is 11.8 Å². The van der Waals surface area contributed by atoms with Crippen molar-refractivity contribution in [1.82, 2.24) is 0 Å². The molecule has 2 saturated heterocycles. The fraction of sp³-hybridized carbons (Fsp3) is 0.542. The van der Waals surface area contributed by atoms with E-state index in [2.05, 4.69) is 43.4 Å². The van der Waals surface area contributed by atoms with Gasteiger partial charge >= 0.3 is 5.97 Å². The van der Waals surface area contributed by atoms with Crippen LogP contribution in [0.4, 0.5) is 0 Å². The maximum absolute atomic E-state index is 10.6. The molecule has 2 N–H and O–H groups in total. The van der Waals surface area contributed by atoms with Gasteiger partial charge in [-0.3, -0.25) is 4.79 Å². The van der Waals surface area contributed by atoms with E-state index in [1.165, 1.54) is 5.56 Å². The molecule has 2 heterocycles. The number of unbranched alkanes of at least 4 members (excludes halogenated alkanes) is 1. The highest BCUT2D eigenvalue weighted by Crippen LogP contribution is 2.45. The van der Waals surface area contributed by atoms with Crippen LogP contribution in [0.15, 0.2) is 48.6 Å². The van der Waals surface area contributed by atoms with Crippen molar-refractivity contribution in [3.8, 4) is 0 Å². The number of aliphatic hydroxyl groups excluding tert-OH is 1. The van der Waals surface area contributed by atoms with Gasteiger partial charge in [-0.25, -0.2) is 0 Å². The average molecular weight is 385 g/mol. The quantitative estimate of drug-likeness (QED) is 0.462. The van der Waals surface area contributed by atoms with E-state index in [0.29, 0.717) is 30.8 Å². The fourth-order valence-corrected chi connectivity index (χ4v) is 4.53. The molecule has 1 aromatic carbocycles. The number of carboxylic acid groups (broad SMARTS) is 1. The van der Waals surface area contributed by atoms with E-state index in [1.807, 2.05) is 12.1 Å². The predicted octanol–water partition coefficient (Wildman–Crippen LogP) is 4.45. The summed E-state index contributed by atoms with van der Waals surface area (Å²) in [6.07, 6.45) is 14.1. The highest BCUT2D eigenvalue weighted by atomic mass is 16.5. The Labute approximate surface area is 167 Å². The van der Waals surface area contributed by atoms with Gasteiger partial charge in [-0.05, 0) is 50.5 Å². The molecular weight excluding hydrogens is 352 g/mol. The van der Waals surface area contributed by atoms with Gasteiger partial charge < -0.3 is 14.9 Å². The molecule has 4 nitrogen and oxygen atoms in total. The maximum atomic E-state index is 10.6. The van der Waals surface area contributed by atoms with Crippen molar-refractivity contribution >= 4 is 5.97 Å². The molecule has 1 unspecified atom stereocenters. The van der Waals surface area contributed by atoms with Crippen LogP contribution in [-0.2, 0) is 16.0 Å². The molecule has 1 aromatic rings. The molecule has 2 aliphatic heterocycles. The van der Waals surface area contributed by atoms with E-state index in [0.717, 1.165) is 31.2 Å². The molecule has 2 bridgehead atoms. The molecule has 0 amide bonds. The van der Waals surface area contributed by atoms with Gasteiger partial charge in [0.2, 0.25) is 0 Å². The Balaban J connectivity index is 1.51. The molecule has 0 aliphatic carbocycles. The van der Waals surface area contributed by atoms with Crippen molar-refractivity contribution in [1.29, 1.82) is 0 Å². The Bertz CT molecular complexity index is 708. The number of hydrogen-bond donors (Lipinski definition) is 2. The summed E-state index contributed by atoms with van der Waals surface area (Å²) in [5.74, 6) is 0.0794. The highest BCUT2D eigenvalue weighted by molar-refractivity contribution is 5.66. The Morgan fingerprint density at radius 1 is 1.29 bits per heavy atom. The van der Waals surface area contributed by atoms with E-state index in [1.54, 1.807) is 0 Å². The summed E-state index contributed by atoms with van der Waals surface area (Å²) < 4.78 is 6.13. The van der Waals surface area contributed by atoms with Crippen LogP contribution in [0, 0.1) is 18.8 Å². The predicted molar refractivity (Wildman–Crippen MR) is 110 cm³/mol. The third-order valence-corrected chi connectivity index (χ3v) is 5.91. The summed E-state index contributed by atoms with van der Waals surface area (Å²) in [6.45, 7) is 2.07. The van der Waals surface area contributed by atoms with Gasteiger partial charge in [0.25, 0.3) is 0 Å². The molecule has 152 valence electrons. The fourth-order valence-electron chi connectivity index (χ4n) is 4.53. The lowest BCUT2D eigenvalue weighted by Crippen LogP contribution is -2.25. The first-order valence-corrected chi connectivity index (χ1v) is 10.5. The Morgan fingerprint density at radius 3 is 2.89 bits per heavy atom. The molecular formula is C24H32O4. The molecule has 5 atom stereocenters. The Morgan fingerprint density at radius 2 is 2.11 bits per heavy atom. The number of ether oxygens (including phenoxy) is 1. The minimum atomic E-state index is -0.732. The van der Waals surface area contributed by atoms with Gasteiger partial charge in [-0.15, -0.1) is 0 Å². The molecule has 0 spiro atoms. The third kappa shape index (κ3) is 5.79. The largest absolute Gasteiger partial charge is 0.481 e. The highest BCUT2D eigenvalue weighted by Gasteiger charge is 2.46. The second-order valence-corrected chi connectivity index (χ2v) is 8.17. The minimum Gasteiger partial charge on any atom is -0.481 e. The topological polar surface area (TPSA) is 66.8 Å². The van der Waals surface area contributed by atoms with Crippen LogP contribution in [0.3, 0.4) is 0 Å². The normalized spacial score (nSPS) is 27.8. The van der Waals surface area contributed by atoms with Crippen LogP contribution in [0.2, 0.25) is 0 Å². The SMILES string of the molecule is Cc1cccc(CC(O)C=C[C@H]2[C@@H](CC=CCCCC(=O)O)[C@H]3CC[C@@H]2O3)c1. The monoisotopic (exact) mass is 384 g/mol. The number of benzene rings is 1. The second kappa shape index (κ2) is 10.0. The number of allylic oxidation sites excluding steroid dienone is 2. The summed E-state index contributed by atoms with van der Waals surface area (Å²) in [6, 6.07) is 8.28. The smallest absolute Gasteiger partial charge is 0.303 e. The van der Waals surface area contributed by atoms with E-state index in [4.69, 9.17) is 9.84 Å². The number of carbonyl (C=O) groups is 1. The first-order valence-electron chi connectivity index (χ1n) is 10.5. The van der Waals surface area contributed by atoms with Crippen LogP contribution in [0.25, 0.3) is 0 Å². The lowest BCUT2D eigenvalue weighted by atomic mass is 9.77. The van der Waals surface area contributed by atoms with Gasteiger partial charge in [0.15, 0.2) is 0 Å². The maximum Gasteiger partial charge on any atom is 0.303 e. The molecule has 0 saturated carbocycles. The number of aliphatic carboxylic acids is 1. The summed E-state index contributed by atoms with van der Waals surface area (Å²) in [7, 11) is 0. The Hall–Kier alpha value is -1.91. The standard InChI is InChI=1S/C24H32O4/c1-17-7-6-8-18(15-17)16-19(25)11-12-21-20(22-13-14-23(21)28-22)9-4-2-3-5-10-24(26)27/h2,4,6-8,11-12,15,19-23,25H,3,5,9-10,13-14,16H2,1H3,(H,26,27)/t19?,20-,21+,22-,23+/m1/s1. The molecule has 0 radical (unpaired) electrons. The summed E-state index contributed by atoms with van der Waals surface area (Å²) in [5, 5.41) is 19.1. The van der Waals surface area contributed by atoms with Gasteiger partial charge in [0.05, 0.1) is 18.3 Å². The van der Waals surface area contributed by atoms with Crippen LogP contribution < -0.4 is 0 Å². The van der Waals surface area contributed by atoms with Crippen molar-refractivity contribution in [2.75, 3.05) is 0 Å². The number of aryl methyl sites for hydroxylation is 1. The lowest BCUT2D eigenvalue weighted by molar-refractivity contribution is -0.137. The molecule has 4 heteroatoms. The van der Waals surface area contributed by atoms with Crippen LogP contribution in [0.5, 0.6) is 0 Å². The van der Waals surface area contributed by atoms with Crippen LogP contribution in [-0.4, -0.2) is 34.5 Å². The van der Waals surface area contributed by atoms with Crippen molar-refractivity contribution < 1.29 is 19.7 Å². The third-order valence-electron chi connectivity index (χ3n) is 5.91. The van der Waals surface area contributed by atoms with Gasteiger partial charge in [-0.1, -0.05) is 54.1 Å². The van der Waals surface area contributed by atoms with Gasteiger partial charge in [0, 0.05) is 18.8 Å². The summed E-state index contributed by atoms with van der Waals surface area (Å²) in [4.78, 5) is 10.6. The van der Waals surface area contributed by atoms with E-state index < -0.39 is 12.1 Å². The zero-order valence-electron chi connectivity index (χ0n) is 16.7. The minimum absolute atomic E-state index is 0.228. The zero-order chi connectivity index (χ0) is 19.9. The van der Waals surface area contributed by atoms with Crippen molar-refractivity contribution in [3.05, 3.63) is 59.7 Å². The van der Waals surface area contributed by atoms with E-state index in [-0.39, 0.29) is 12.5 Å². The molecule has 2 aliphatic rings. The molecule has 3 rings (SSSR count). The van der Waals surface area contributed by atoms with E-state index >= 15 is 0 Å².